The summed E-state index contributed by atoms with van der Waals surface area (Å²) >= 11 is 1.87. The lowest BCUT2D eigenvalue weighted by molar-refractivity contribution is 0.246. The van der Waals surface area contributed by atoms with Crippen molar-refractivity contribution in [2.75, 3.05) is 27.2 Å². The maximum absolute atomic E-state index is 4.03. The van der Waals surface area contributed by atoms with Crippen LogP contribution in [0.4, 0.5) is 0 Å². The van der Waals surface area contributed by atoms with Crippen molar-refractivity contribution in [2.45, 2.75) is 31.8 Å². The summed E-state index contributed by atoms with van der Waals surface area (Å²) in [4.78, 5) is 7.71. The number of hydrogen-bond acceptors (Lipinski definition) is 4. The van der Waals surface area contributed by atoms with E-state index >= 15 is 0 Å². The molecule has 0 aromatic carbocycles. The topological polar surface area (TPSA) is 35.2 Å². The molecule has 1 N–H and O–H groups in total. The highest BCUT2D eigenvalue weighted by molar-refractivity contribution is 7.15. The molecular formula is C16H24N4S. The number of rotatable bonds is 4. The van der Waals surface area contributed by atoms with E-state index in [-0.39, 0.29) is 0 Å². The number of thiophene rings is 1. The van der Waals surface area contributed by atoms with Crippen LogP contribution in [0.25, 0.3) is 10.6 Å². The lowest BCUT2D eigenvalue weighted by Gasteiger charge is -2.23. The predicted octanol–water partition coefficient (Wildman–Crippen LogP) is 3.05. The molecule has 3 rings (SSSR count). The summed E-state index contributed by atoms with van der Waals surface area (Å²) in [6.07, 6.45) is 5.73. The summed E-state index contributed by atoms with van der Waals surface area (Å²) in [6.45, 7) is 3.51. The van der Waals surface area contributed by atoms with Crippen LogP contribution in [0.5, 0.6) is 0 Å². The van der Waals surface area contributed by atoms with Gasteiger partial charge in [-0.15, -0.1) is 11.3 Å². The largest absolute Gasteiger partial charge is 0.306 e. The van der Waals surface area contributed by atoms with Crippen LogP contribution in [0, 0.1) is 0 Å². The van der Waals surface area contributed by atoms with E-state index in [1.54, 1.807) is 0 Å². The SMILES string of the molecule is CN(C)[C@H]1CCCN(Cc2ccc(-c3ccn[nH]3)s2)CC1. The molecule has 0 spiro atoms. The van der Waals surface area contributed by atoms with Gasteiger partial charge in [-0.25, -0.2) is 0 Å². The number of aromatic nitrogens is 2. The molecule has 0 radical (unpaired) electrons. The molecule has 0 aliphatic carbocycles. The van der Waals surface area contributed by atoms with Crippen molar-refractivity contribution in [1.82, 2.24) is 20.0 Å². The van der Waals surface area contributed by atoms with Gasteiger partial charge in [0.05, 0.1) is 10.6 Å². The Morgan fingerprint density at radius 2 is 2.19 bits per heavy atom. The molecule has 0 saturated carbocycles. The van der Waals surface area contributed by atoms with Crippen molar-refractivity contribution < 1.29 is 0 Å². The van der Waals surface area contributed by atoms with Crippen LogP contribution in [-0.4, -0.2) is 53.2 Å². The molecule has 114 valence electrons. The monoisotopic (exact) mass is 304 g/mol. The molecule has 5 heteroatoms. The van der Waals surface area contributed by atoms with Crippen molar-refractivity contribution in [3.63, 3.8) is 0 Å². The first kappa shape index (κ1) is 14.8. The van der Waals surface area contributed by atoms with E-state index in [0.717, 1.165) is 18.3 Å². The number of H-pyrrole nitrogens is 1. The Kier molecular flexibility index (Phi) is 4.73. The molecule has 1 saturated heterocycles. The van der Waals surface area contributed by atoms with Gasteiger partial charge in [-0.3, -0.25) is 10.00 Å². The van der Waals surface area contributed by atoms with Crippen LogP contribution in [-0.2, 0) is 6.54 Å². The van der Waals surface area contributed by atoms with Gasteiger partial charge in [-0.05, 0) is 58.1 Å². The van der Waals surface area contributed by atoms with E-state index < -0.39 is 0 Å². The second-order valence-electron chi connectivity index (χ2n) is 6.06. The lowest BCUT2D eigenvalue weighted by Crippen LogP contribution is -2.29. The van der Waals surface area contributed by atoms with Crippen LogP contribution in [0.3, 0.4) is 0 Å². The Bertz CT molecular complexity index is 546. The summed E-state index contributed by atoms with van der Waals surface area (Å²) in [5, 5.41) is 7.07. The highest BCUT2D eigenvalue weighted by Crippen LogP contribution is 2.27. The summed E-state index contributed by atoms with van der Waals surface area (Å²) in [7, 11) is 4.41. The molecule has 2 aromatic rings. The van der Waals surface area contributed by atoms with Crippen molar-refractivity contribution in [1.29, 1.82) is 0 Å². The van der Waals surface area contributed by atoms with Crippen LogP contribution in [0.15, 0.2) is 24.4 Å². The van der Waals surface area contributed by atoms with Crippen LogP contribution in [0.1, 0.15) is 24.1 Å². The first-order chi connectivity index (χ1) is 10.2. The van der Waals surface area contributed by atoms with E-state index in [1.165, 1.54) is 42.1 Å². The quantitative estimate of drug-likeness (QED) is 0.943. The van der Waals surface area contributed by atoms with Crippen molar-refractivity contribution in [3.8, 4) is 10.6 Å². The third kappa shape index (κ3) is 3.73. The van der Waals surface area contributed by atoms with E-state index in [2.05, 4.69) is 46.2 Å². The van der Waals surface area contributed by atoms with Crippen LogP contribution < -0.4 is 0 Å². The van der Waals surface area contributed by atoms with Crippen LogP contribution in [0.2, 0.25) is 0 Å². The Morgan fingerprint density at radius 3 is 2.95 bits per heavy atom. The highest BCUT2D eigenvalue weighted by atomic mass is 32.1. The number of nitrogens with zero attached hydrogens (tertiary/aromatic N) is 3. The molecule has 1 aliphatic heterocycles. The van der Waals surface area contributed by atoms with Gasteiger partial charge >= 0.3 is 0 Å². The van der Waals surface area contributed by atoms with Crippen molar-refractivity contribution >= 4 is 11.3 Å². The Balaban J connectivity index is 1.59. The standard InChI is InChI=1S/C16H24N4S/c1-19(2)13-4-3-10-20(11-8-13)12-14-5-6-16(21-14)15-7-9-17-18-15/h5-7,9,13H,3-4,8,10-12H2,1-2H3,(H,17,18)/t13-/m0/s1. The van der Waals surface area contributed by atoms with E-state index in [9.17, 15) is 0 Å². The number of likely N-dealkylation sites (tertiary alicyclic amines) is 1. The Morgan fingerprint density at radius 1 is 1.29 bits per heavy atom. The molecule has 2 aromatic heterocycles. The van der Waals surface area contributed by atoms with Gasteiger partial charge in [0.2, 0.25) is 0 Å². The maximum Gasteiger partial charge on any atom is 0.0749 e. The number of hydrogen-bond donors (Lipinski definition) is 1. The van der Waals surface area contributed by atoms with Gasteiger partial charge in [-0.1, -0.05) is 0 Å². The second-order valence-corrected chi connectivity index (χ2v) is 7.23. The van der Waals surface area contributed by atoms with Crippen molar-refractivity contribution in [3.05, 3.63) is 29.3 Å². The highest BCUT2D eigenvalue weighted by Gasteiger charge is 2.18. The van der Waals surface area contributed by atoms with Gasteiger partial charge in [0.25, 0.3) is 0 Å². The van der Waals surface area contributed by atoms with Gasteiger partial charge < -0.3 is 4.90 Å². The van der Waals surface area contributed by atoms with Crippen LogP contribution >= 0.6 is 11.3 Å². The smallest absolute Gasteiger partial charge is 0.0749 e. The van der Waals surface area contributed by atoms with E-state index in [1.807, 2.05) is 23.6 Å². The molecule has 21 heavy (non-hydrogen) atoms. The number of nitrogens with one attached hydrogen (secondary N) is 1. The molecule has 1 atom stereocenters. The molecule has 3 heterocycles. The van der Waals surface area contributed by atoms with E-state index in [4.69, 9.17) is 0 Å². The Hall–Kier alpha value is -1.17. The second kappa shape index (κ2) is 6.73. The molecule has 0 amide bonds. The summed E-state index contributed by atoms with van der Waals surface area (Å²) < 4.78 is 0. The van der Waals surface area contributed by atoms with E-state index in [0.29, 0.717) is 0 Å². The minimum Gasteiger partial charge on any atom is -0.306 e. The van der Waals surface area contributed by atoms with Crippen molar-refractivity contribution in [2.24, 2.45) is 0 Å². The van der Waals surface area contributed by atoms with Gasteiger partial charge in [0.15, 0.2) is 0 Å². The zero-order valence-corrected chi connectivity index (χ0v) is 13.7. The Labute approximate surface area is 130 Å². The summed E-state index contributed by atoms with van der Waals surface area (Å²) in [5.74, 6) is 0. The zero-order chi connectivity index (χ0) is 14.7. The van der Waals surface area contributed by atoms with Gasteiger partial charge in [-0.2, -0.15) is 5.10 Å². The average molecular weight is 304 g/mol. The zero-order valence-electron chi connectivity index (χ0n) is 12.9. The molecule has 1 aliphatic rings. The summed E-state index contributed by atoms with van der Waals surface area (Å²) in [5.41, 5.74) is 1.12. The molecule has 1 fully saturated rings. The normalized spacial score (nSPS) is 20.8. The third-order valence-corrected chi connectivity index (χ3v) is 5.43. The molecular weight excluding hydrogens is 280 g/mol. The number of aromatic amines is 1. The fraction of sp³-hybridized carbons (Fsp3) is 0.562. The molecule has 0 unspecified atom stereocenters. The summed E-state index contributed by atoms with van der Waals surface area (Å²) in [6, 6.07) is 7.24. The van der Waals surface area contributed by atoms with Gasteiger partial charge in [0.1, 0.15) is 0 Å². The first-order valence-corrected chi connectivity index (χ1v) is 8.51. The maximum atomic E-state index is 4.03. The minimum atomic E-state index is 0.749. The minimum absolute atomic E-state index is 0.749. The molecule has 4 nitrogen and oxygen atoms in total. The van der Waals surface area contributed by atoms with Gasteiger partial charge in [0, 0.05) is 30.2 Å². The third-order valence-electron chi connectivity index (χ3n) is 4.33. The predicted molar refractivity (Wildman–Crippen MR) is 88.5 cm³/mol. The lowest BCUT2D eigenvalue weighted by atomic mass is 10.1. The molecule has 0 bridgehead atoms. The average Bonchev–Trinajstić information content (AvgIpc) is 3.07. The first-order valence-electron chi connectivity index (χ1n) is 7.69. The fourth-order valence-corrected chi connectivity index (χ4v) is 4.06. The fourth-order valence-electron chi connectivity index (χ4n) is 3.03.